The van der Waals surface area contributed by atoms with E-state index in [0.29, 0.717) is 32.3 Å². The number of guanidine groups is 1. The number of aryl methyl sites for hydroxylation is 1. The third-order valence-electron chi connectivity index (χ3n) is 3.98. The molecular weight excluding hydrogens is 330 g/mol. The monoisotopic (exact) mass is 355 g/mol. The predicted molar refractivity (Wildman–Crippen MR) is 104 cm³/mol. The first-order valence-corrected chi connectivity index (χ1v) is 8.82. The predicted octanol–water partition coefficient (Wildman–Crippen LogP) is 3.22. The fourth-order valence-corrected chi connectivity index (χ4v) is 2.61. The standard InChI is InChI=1S/C20H25N3O3/c1-15-6-3-4-7-17(15)26-13-10-22-20(21-2)23-16-8-9-18-19(14-16)25-12-5-11-24-18/h3-4,6-9,14H,5,10-13H2,1-2H3,(H2,21,22,23). The molecule has 0 amide bonds. The fourth-order valence-electron chi connectivity index (χ4n) is 2.61. The zero-order valence-electron chi connectivity index (χ0n) is 15.2. The lowest BCUT2D eigenvalue weighted by atomic mass is 10.2. The van der Waals surface area contributed by atoms with Crippen LogP contribution in [0.5, 0.6) is 17.2 Å². The van der Waals surface area contributed by atoms with Crippen LogP contribution in [0.2, 0.25) is 0 Å². The lowest BCUT2D eigenvalue weighted by Gasteiger charge is -2.14. The minimum Gasteiger partial charge on any atom is -0.491 e. The molecule has 6 heteroatoms. The molecule has 2 aromatic carbocycles. The largest absolute Gasteiger partial charge is 0.491 e. The molecule has 1 heterocycles. The van der Waals surface area contributed by atoms with Crippen LogP contribution in [0.15, 0.2) is 47.5 Å². The van der Waals surface area contributed by atoms with Gasteiger partial charge in [0.2, 0.25) is 0 Å². The Morgan fingerprint density at radius 1 is 1.12 bits per heavy atom. The van der Waals surface area contributed by atoms with Crippen molar-refractivity contribution in [3.8, 4) is 17.2 Å². The Hall–Kier alpha value is -2.89. The molecule has 138 valence electrons. The smallest absolute Gasteiger partial charge is 0.195 e. The Balaban J connectivity index is 1.50. The number of hydrogen-bond acceptors (Lipinski definition) is 4. The number of rotatable bonds is 5. The number of hydrogen-bond donors (Lipinski definition) is 2. The van der Waals surface area contributed by atoms with Gasteiger partial charge in [0, 0.05) is 25.2 Å². The van der Waals surface area contributed by atoms with Crippen molar-refractivity contribution in [1.82, 2.24) is 5.32 Å². The summed E-state index contributed by atoms with van der Waals surface area (Å²) in [6.45, 7) is 4.57. The van der Waals surface area contributed by atoms with Crippen molar-refractivity contribution >= 4 is 11.6 Å². The van der Waals surface area contributed by atoms with Crippen molar-refractivity contribution in [2.24, 2.45) is 4.99 Å². The molecule has 6 nitrogen and oxygen atoms in total. The van der Waals surface area contributed by atoms with Gasteiger partial charge in [-0.3, -0.25) is 4.99 Å². The van der Waals surface area contributed by atoms with Gasteiger partial charge in [0.05, 0.1) is 19.8 Å². The first-order chi connectivity index (χ1) is 12.8. The van der Waals surface area contributed by atoms with E-state index >= 15 is 0 Å². The van der Waals surface area contributed by atoms with Gasteiger partial charge >= 0.3 is 0 Å². The number of nitrogens with zero attached hydrogens (tertiary/aromatic N) is 1. The van der Waals surface area contributed by atoms with E-state index < -0.39 is 0 Å². The number of benzene rings is 2. The summed E-state index contributed by atoms with van der Waals surface area (Å²) in [4.78, 5) is 4.24. The van der Waals surface area contributed by atoms with E-state index in [4.69, 9.17) is 14.2 Å². The van der Waals surface area contributed by atoms with Crippen LogP contribution in [-0.2, 0) is 0 Å². The van der Waals surface area contributed by atoms with Crippen LogP contribution < -0.4 is 24.8 Å². The molecule has 0 bridgehead atoms. The number of fused-ring (bicyclic) bond motifs is 1. The number of aliphatic imine (C=N–C) groups is 1. The van der Waals surface area contributed by atoms with Crippen LogP contribution in [0.1, 0.15) is 12.0 Å². The Kier molecular flexibility index (Phi) is 6.19. The molecule has 0 spiro atoms. The highest BCUT2D eigenvalue weighted by atomic mass is 16.5. The maximum absolute atomic E-state index is 5.79. The van der Waals surface area contributed by atoms with E-state index in [1.807, 2.05) is 49.4 Å². The van der Waals surface area contributed by atoms with Gasteiger partial charge in [0.15, 0.2) is 17.5 Å². The summed E-state index contributed by atoms with van der Waals surface area (Å²) in [6, 6.07) is 13.8. The molecule has 0 unspecified atom stereocenters. The van der Waals surface area contributed by atoms with Crippen LogP contribution in [0.25, 0.3) is 0 Å². The molecule has 0 saturated heterocycles. The van der Waals surface area contributed by atoms with Crippen molar-refractivity contribution in [3.05, 3.63) is 48.0 Å². The van der Waals surface area contributed by atoms with E-state index in [2.05, 4.69) is 15.6 Å². The summed E-state index contributed by atoms with van der Waals surface area (Å²) >= 11 is 0. The molecule has 0 aromatic heterocycles. The first kappa shape index (κ1) is 17.9. The van der Waals surface area contributed by atoms with Crippen LogP contribution in [0.3, 0.4) is 0 Å². The van der Waals surface area contributed by atoms with Crippen molar-refractivity contribution in [2.45, 2.75) is 13.3 Å². The SMILES string of the molecule is CN=C(NCCOc1ccccc1C)Nc1ccc2c(c1)OCCCO2. The van der Waals surface area contributed by atoms with E-state index in [9.17, 15) is 0 Å². The van der Waals surface area contributed by atoms with Crippen molar-refractivity contribution < 1.29 is 14.2 Å². The highest BCUT2D eigenvalue weighted by molar-refractivity contribution is 5.93. The Labute approximate surface area is 154 Å². The molecule has 0 aliphatic carbocycles. The number of ether oxygens (including phenoxy) is 3. The molecule has 0 atom stereocenters. The van der Waals surface area contributed by atoms with Gasteiger partial charge in [-0.15, -0.1) is 0 Å². The Morgan fingerprint density at radius 2 is 1.92 bits per heavy atom. The van der Waals surface area contributed by atoms with Gasteiger partial charge in [-0.1, -0.05) is 18.2 Å². The molecule has 2 N–H and O–H groups in total. The van der Waals surface area contributed by atoms with Crippen LogP contribution in [0.4, 0.5) is 5.69 Å². The van der Waals surface area contributed by atoms with Crippen LogP contribution in [-0.4, -0.2) is 39.4 Å². The normalized spacial score (nSPS) is 13.7. The van der Waals surface area contributed by atoms with E-state index in [-0.39, 0.29) is 0 Å². The molecular formula is C20H25N3O3. The van der Waals surface area contributed by atoms with Crippen LogP contribution >= 0.6 is 0 Å². The summed E-state index contributed by atoms with van der Waals surface area (Å²) in [5.74, 6) is 3.11. The molecule has 0 fully saturated rings. The zero-order valence-corrected chi connectivity index (χ0v) is 15.2. The average Bonchev–Trinajstić information content (AvgIpc) is 2.90. The molecule has 0 radical (unpaired) electrons. The topological polar surface area (TPSA) is 64.1 Å². The highest BCUT2D eigenvalue weighted by Crippen LogP contribution is 2.32. The molecule has 0 saturated carbocycles. The summed E-state index contributed by atoms with van der Waals surface area (Å²) < 4.78 is 17.2. The molecule has 2 aromatic rings. The average molecular weight is 355 g/mol. The van der Waals surface area contributed by atoms with Crippen molar-refractivity contribution in [2.75, 3.05) is 38.7 Å². The van der Waals surface area contributed by atoms with Crippen molar-refractivity contribution in [3.63, 3.8) is 0 Å². The van der Waals surface area contributed by atoms with Gasteiger partial charge in [0.25, 0.3) is 0 Å². The minimum absolute atomic E-state index is 0.548. The van der Waals surface area contributed by atoms with Gasteiger partial charge in [0.1, 0.15) is 12.4 Å². The Bertz CT molecular complexity index is 762. The summed E-state index contributed by atoms with van der Waals surface area (Å²) in [5.41, 5.74) is 2.02. The van der Waals surface area contributed by atoms with E-state index in [1.54, 1.807) is 7.05 Å². The molecule has 3 rings (SSSR count). The van der Waals surface area contributed by atoms with Gasteiger partial charge in [-0.05, 0) is 30.7 Å². The second kappa shape index (κ2) is 8.99. The maximum Gasteiger partial charge on any atom is 0.195 e. The maximum atomic E-state index is 5.79. The third-order valence-corrected chi connectivity index (χ3v) is 3.98. The van der Waals surface area contributed by atoms with Gasteiger partial charge in [-0.2, -0.15) is 0 Å². The second-order valence-corrected chi connectivity index (χ2v) is 5.95. The summed E-state index contributed by atoms with van der Waals surface area (Å²) in [5, 5.41) is 6.50. The summed E-state index contributed by atoms with van der Waals surface area (Å²) in [7, 11) is 1.74. The molecule has 1 aliphatic heterocycles. The number of para-hydroxylation sites is 1. The third kappa shape index (κ3) is 4.81. The van der Waals surface area contributed by atoms with Gasteiger partial charge < -0.3 is 24.8 Å². The van der Waals surface area contributed by atoms with Crippen LogP contribution in [0, 0.1) is 6.92 Å². The van der Waals surface area contributed by atoms with E-state index in [0.717, 1.165) is 34.9 Å². The van der Waals surface area contributed by atoms with Gasteiger partial charge in [-0.25, -0.2) is 0 Å². The quantitative estimate of drug-likeness (QED) is 0.490. The highest BCUT2D eigenvalue weighted by Gasteiger charge is 2.11. The number of nitrogens with one attached hydrogen (secondary N) is 2. The Morgan fingerprint density at radius 3 is 2.73 bits per heavy atom. The second-order valence-electron chi connectivity index (χ2n) is 5.95. The lowest BCUT2D eigenvalue weighted by molar-refractivity contribution is 0.297. The zero-order chi connectivity index (χ0) is 18.2. The van der Waals surface area contributed by atoms with Crippen molar-refractivity contribution in [1.29, 1.82) is 0 Å². The molecule has 1 aliphatic rings. The van der Waals surface area contributed by atoms with E-state index in [1.165, 1.54) is 0 Å². The molecule has 26 heavy (non-hydrogen) atoms. The summed E-state index contributed by atoms with van der Waals surface area (Å²) in [6.07, 6.45) is 0.890. The minimum atomic E-state index is 0.548. The lowest BCUT2D eigenvalue weighted by Crippen LogP contribution is -2.33. The first-order valence-electron chi connectivity index (χ1n) is 8.82. The number of anilines is 1. The fraction of sp³-hybridized carbons (Fsp3) is 0.350.